The van der Waals surface area contributed by atoms with E-state index >= 15 is 0 Å². The maximum atomic E-state index is 12.0. The Hall–Kier alpha value is -1.53. The summed E-state index contributed by atoms with van der Waals surface area (Å²) < 4.78 is 1.87. The highest BCUT2D eigenvalue weighted by Gasteiger charge is 2.27. The van der Waals surface area contributed by atoms with Gasteiger partial charge >= 0.3 is 0 Å². The van der Waals surface area contributed by atoms with E-state index in [1.54, 1.807) is 0 Å². The van der Waals surface area contributed by atoms with Crippen molar-refractivity contribution in [2.75, 3.05) is 0 Å². The zero-order valence-electron chi connectivity index (χ0n) is 12.4. The van der Waals surface area contributed by atoms with E-state index in [1.165, 1.54) is 11.8 Å². The number of rotatable bonds is 5. The lowest BCUT2D eigenvalue weighted by molar-refractivity contribution is -0.120. The Bertz CT molecular complexity index is 699. The third kappa shape index (κ3) is 3.28. The first-order valence-corrected chi connectivity index (χ1v) is 8.43. The van der Waals surface area contributed by atoms with Crippen molar-refractivity contribution in [2.24, 2.45) is 7.05 Å². The zero-order valence-corrected chi connectivity index (χ0v) is 14.0. The van der Waals surface area contributed by atoms with Crippen LogP contribution < -0.4 is 5.32 Å². The summed E-state index contributed by atoms with van der Waals surface area (Å²) in [5.74, 6) is 0.748. The summed E-state index contributed by atoms with van der Waals surface area (Å²) in [5, 5.41) is 12.5. The number of benzene rings is 1. The highest BCUT2D eigenvalue weighted by atomic mass is 35.5. The van der Waals surface area contributed by atoms with Crippen molar-refractivity contribution in [3.05, 3.63) is 29.3 Å². The predicted molar refractivity (Wildman–Crippen MR) is 87.9 cm³/mol. The van der Waals surface area contributed by atoms with Crippen molar-refractivity contribution in [2.45, 2.75) is 36.2 Å². The minimum Gasteiger partial charge on any atom is -0.352 e. The average molecular weight is 337 g/mol. The van der Waals surface area contributed by atoms with Gasteiger partial charge in [-0.05, 0) is 31.9 Å². The van der Waals surface area contributed by atoms with Crippen molar-refractivity contribution in [3.8, 4) is 11.4 Å². The van der Waals surface area contributed by atoms with Crippen LogP contribution in [-0.4, -0.2) is 32.0 Å². The molecule has 1 amide bonds. The summed E-state index contributed by atoms with van der Waals surface area (Å²) >= 11 is 7.61. The Labute approximate surface area is 138 Å². The van der Waals surface area contributed by atoms with E-state index in [0.717, 1.165) is 18.4 Å². The molecule has 1 aromatic heterocycles. The molecule has 1 aliphatic rings. The molecule has 1 fully saturated rings. The van der Waals surface area contributed by atoms with Crippen molar-refractivity contribution >= 4 is 29.3 Å². The molecule has 0 bridgehead atoms. The van der Waals surface area contributed by atoms with E-state index < -0.39 is 0 Å². The monoisotopic (exact) mass is 336 g/mol. The van der Waals surface area contributed by atoms with Gasteiger partial charge in [-0.15, -0.1) is 10.2 Å². The Morgan fingerprint density at radius 1 is 1.41 bits per heavy atom. The highest BCUT2D eigenvalue weighted by Crippen LogP contribution is 2.30. The summed E-state index contributed by atoms with van der Waals surface area (Å²) in [7, 11) is 1.88. The van der Waals surface area contributed by atoms with Crippen LogP contribution in [0.3, 0.4) is 0 Å². The van der Waals surface area contributed by atoms with Crippen LogP contribution in [0, 0.1) is 0 Å². The summed E-state index contributed by atoms with van der Waals surface area (Å²) in [6.45, 7) is 1.88. The first kappa shape index (κ1) is 15.4. The number of thioether (sulfide) groups is 1. The van der Waals surface area contributed by atoms with Gasteiger partial charge in [0.05, 0.1) is 10.3 Å². The maximum absolute atomic E-state index is 12.0. The summed E-state index contributed by atoms with van der Waals surface area (Å²) in [6.07, 6.45) is 2.17. The minimum absolute atomic E-state index is 0.0507. The number of carbonyl (C=O) groups is 1. The fourth-order valence-electron chi connectivity index (χ4n) is 2.05. The zero-order chi connectivity index (χ0) is 15.7. The van der Waals surface area contributed by atoms with E-state index in [0.29, 0.717) is 22.0 Å². The number of nitrogens with one attached hydrogen (secondary N) is 1. The number of amides is 1. The van der Waals surface area contributed by atoms with Gasteiger partial charge in [0.1, 0.15) is 0 Å². The normalized spacial score (nSPS) is 15.6. The van der Waals surface area contributed by atoms with Crippen LogP contribution in [0.1, 0.15) is 19.8 Å². The van der Waals surface area contributed by atoms with Gasteiger partial charge in [0.25, 0.3) is 0 Å². The number of hydrogen-bond donors (Lipinski definition) is 1. The van der Waals surface area contributed by atoms with Gasteiger partial charge in [-0.2, -0.15) is 0 Å². The molecule has 1 heterocycles. The summed E-state index contributed by atoms with van der Waals surface area (Å²) in [5.41, 5.74) is 0.834. The molecule has 0 saturated heterocycles. The third-order valence-corrected chi connectivity index (χ3v) is 4.99. The minimum atomic E-state index is -0.206. The molecular formula is C15H17ClN4OS. The molecule has 1 atom stereocenters. The Morgan fingerprint density at radius 2 is 2.14 bits per heavy atom. The van der Waals surface area contributed by atoms with Crippen LogP contribution in [0.5, 0.6) is 0 Å². The second kappa shape index (κ2) is 6.30. The van der Waals surface area contributed by atoms with Gasteiger partial charge in [0, 0.05) is 18.7 Å². The second-order valence-corrected chi connectivity index (χ2v) is 7.10. The predicted octanol–water partition coefficient (Wildman–Crippen LogP) is 2.89. The number of carbonyl (C=O) groups excluding carboxylic acids is 1. The fraction of sp³-hybridized carbons (Fsp3) is 0.400. The number of aromatic nitrogens is 3. The Balaban J connectivity index is 1.75. The van der Waals surface area contributed by atoms with E-state index in [9.17, 15) is 4.79 Å². The van der Waals surface area contributed by atoms with Crippen LogP contribution in [0.15, 0.2) is 29.4 Å². The SMILES string of the molecule is CC(Sc1nnc(-c2ccccc2Cl)n1C)C(=O)NC1CC1. The standard InChI is InChI=1S/C15H17ClN4OS/c1-9(14(21)17-10-7-8-10)22-15-19-18-13(20(15)2)11-5-3-4-6-12(11)16/h3-6,9-10H,7-8H2,1-2H3,(H,17,21). The quantitative estimate of drug-likeness (QED) is 0.853. The molecule has 1 aliphatic carbocycles. The average Bonchev–Trinajstić information content (AvgIpc) is 3.24. The van der Waals surface area contributed by atoms with Gasteiger partial charge in [-0.1, -0.05) is 35.5 Å². The molecule has 2 aromatic rings. The second-order valence-electron chi connectivity index (χ2n) is 5.39. The first-order valence-electron chi connectivity index (χ1n) is 7.17. The van der Waals surface area contributed by atoms with Crippen LogP contribution in [-0.2, 0) is 11.8 Å². The van der Waals surface area contributed by atoms with Gasteiger partial charge < -0.3 is 9.88 Å². The number of halogens is 1. The first-order chi connectivity index (χ1) is 10.6. The molecule has 1 unspecified atom stereocenters. The van der Waals surface area contributed by atoms with Gasteiger partial charge in [-0.3, -0.25) is 4.79 Å². The smallest absolute Gasteiger partial charge is 0.233 e. The molecule has 22 heavy (non-hydrogen) atoms. The molecule has 116 valence electrons. The fourth-order valence-corrected chi connectivity index (χ4v) is 3.10. The molecule has 0 aliphatic heterocycles. The van der Waals surface area contributed by atoms with Gasteiger partial charge in [-0.25, -0.2) is 0 Å². The van der Waals surface area contributed by atoms with Crippen molar-refractivity contribution in [1.29, 1.82) is 0 Å². The van der Waals surface area contributed by atoms with E-state index in [2.05, 4.69) is 15.5 Å². The largest absolute Gasteiger partial charge is 0.352 e. The lowest BCUT2D eigenvalue weighted by Gasteiger charge is -2.11. The van der Waals surface area contributed by atoms with Gasteiger partial charge in [0.2, 0.25) is 5.91 Å². The highest BCUT2D eigenvalue weighted by molar-refractivity contribution is 8.00. The van der Waals surface area contributed by atoms with Crippen LogP contribution >= 0.6 is 23.4 Å². The topological polar surface area (TPSA) is 59.8 Å². The maximum Gasteiger partial charge on any atom is 0.233 e. The summed E-state index contributed by atoms with van der Waals surface area (Å²) in [4.78, 5) is 12.0. The molecular weight excluding hydrogens is 320 g/mol. The van der Waals surface area contributed by atoms with Crippen molar-refractivity contribution in [3.63, 3.8) is 0 Å². The molecule has 1 saturated carbocycles. The van der Waals surface area contributed by atoms with E-state index in [4.69, 9.17) is 11.6 Å². The van der Waals surface area contributed by atoms with Crippen LogP contribution in [0.2, 0.25) is 5.02 Å². The molecule has 1 aromatic carbocycles. The molecule has 0 radical (unpaired) electrons. The van der Waals surface area contributed by atoms with Crippen molar-refractivity contribution in [1.82, 2.24) is 20.1 Å². The lowest BCUT2D eigenvalue weighted by atomic mass is 10.2. The molecule has 1 N–H and O–H groups in total. The Morgan fingerprint density at radius 3 is 2.82 bits per heavy atom. The summed E-state index contributed by atoms with van der Waals surface area (Å²) in [6, 6.07) is 7.89. The lowest BCUT2D eigenvalue weighted by Crippen LogP contribution is -2.32. The number of hydrogen-bond acceptors (Lipinski definition) is 4. The Kier molecular flexibility index (Phi) is 4.40. The molecule has 0 spiro atoms. The third-order valence-electron chi connectivity index (χ3n) is 3.52. The molecule has 7 heteroatoms. The number of nitrogens with zero attached hydrogens (tertiary/aromatic N) is 3. The van der Waals surface area contributed by atoms with E-state index in [1.807, 2.05) is 42.8 Å². The molecule has 3 rings (SSSR count). The van der Waals surface area contributed by atoms with E-state index in [-0.39, 0.29) is 11.2 Å². The van der Waals surface area contributed by atoms with Crippen molar-refractivity contribution < 1.29 is 4.79 Å². The van der Waals surface area contributed by atoms with Crippen LogP contribution in [0.25, 0.3) is 11.4 Å². The van der Waals surface area contributed by atoms with Gasteiger partial charge in [0.15, 0.2) is 11.0 Å². The molecule has 5 nitrogen and oxygen atoms in total. The van der Waals surface area contributed by atoms with Crippen LogP contribution in [0.4, 0.5) is 0 Å².